The van der Waals surface area contributed by atoms with Gasteiger partial charge >= 0.3 is 29.6 Å². The predicted octanol–water partition coefficient (Wildman–Crippen LogP) is -22.9. The maximum absolute atomic E-state index is 0. The minimum atomic E-state index is 0. The molecule has 0 unspecified atom stereocenters. The summed E-state index contributed by atoms with van der Waals surface area (Å²) in [6.07, 6.45) is 0. The maximum Gasteiger partial charge on any atom is 1.00 e. The minimum absolute atomic E-state index is 0. The number of rotatable bonds is 0. The molecule has 12 N–H and O–H groups in total. The molecule has 0 rings (SSSR count). The average molecular weight is 501 g/mol. The van der Waals surface area contributed by atoms with E-state index in [2.05, 4.69) is 0 Å². The van der Waals surface area contributed by atoms with Crippen LogP contribution in [0.2, 0.25) is 0 Å². The summed E-state index contributed by atoms with van der Waals surface area (Å²) in [5, 5.41) is 0. The van der Waals surface area contributed by atoms with E-state index < -0.39 is 0 Å². The summed E-state index contributed by atoms with van der Waals surface area (Å²) >= 11 is 0. The third-order valence-corrected chi connectivity index (χ3v) is 0. The van der Waals surface area contributed by atoms with Gasteiger partial charge in [-0.05, 0) is 0 Å². The van der Waals surface area contributed by atoms with Gasteiger partial charge in [0.05, 0.1) is 0 Å². The standard InChI is InChI=1S/5ClH.Ir.Na.6H2O/h5*1H;;;6*1H2/q;;;;;;+1;;;;;;/p-5. The van der Waals surface area contributed by atoms with E-state index >= 15 is 0 Å². The first-order valence-corrected chi connectivity index (χ1v) is 0. The van der Waals surface area contributed by atoms with Crippen LogP contribution in [0.15, 0.2) is 0 Å². The number of hydrogen-bond acceptors (Lipinski definition) is 0. The van der Waals surface area contributed by atoms with Crippen LogP contribution in [0.5, 0.6) is 0 Å². The first-order chi connectivity index (χ1) is 0. The molecule has 0 aromatic carbocycles. The molecule has 0 aliphatic heterocycles. The summed E-state index contributed by atoms with van der Waals surface area (Å²) in [4.78, 5) is 0. The summed E-state index contributed by atoms with van der Waals surface area (Å²) in [5.74, 6) is 0. The molecule has 97 valence electrons. The smallest absolute Gasteiger partial charge is 1.00 e. The molecule has 0 aliphatic rings. The van der Waals surface area contributed by atoms with Gasteiger partial charge in [0.25, 0.3) is 0 Å². The summed E-state index contributed by atoms with van der Waals surface area (Å²) in [6.45, 7) is 0. The van der Waals surface area contributed by atoms with Gasteiger partial charge in [-0.15, -0.1) is 0 Å². The van der Waals surface area contributed by atoms with E-state index in [1.807, 2.05) is 0 Å². The van der Waals surface area contributed by atoms with E-state index in [0.717, 1.165) is 0 Å². The molecule has 0 saturated heterocycles. The monoisotopic (exact) mass is 499 g/mol. The summed E-state index contributed by atoms with van der Waals surface area (Å²) in [6, 6.07) is 0. The largest absolute Gasteiger partial charge is 1.00 e. The van der Waals surface area contributed by atoms with Gasteiger partial charge in [0.2, 0.25) is 0 Å². The van der Waals surface area contributed by atoms with Gasteiger partial charge in [-0.1, -0.05) is 0 Å². The fourth-order valence-corrected chi connectivity index (χ4v) is 0. The second-order valence-electron chi connectivity index (χ2n) is 0. The molecule has 0 spiro atoms. The zero-order valence-corrected chi connectivity index (χ0v) is 14.4. The Hall–Kier alpha value is 2.86. The number of halogens is 5. The molecule has 13 heavy (non-hydrogen) atoms. The molecular formula is H12Cl5IrNaO6-4. The Bertz CT molecular complexity index is 21.0. The van der Waals surface area contributed by atoms with Crippen LogP contribution >= 0.6 is 0 Å². The Labute approximate surface area is 143 Å². The Balaban J connectivity index is 0. The molecule has 0 bridgehead atoms. The molecule has 0 aliphatic carbocycles. The van der Waals surface area contributed by atoms with Crippen molar-refractivity contribution in [2.75, 3.05) is 0 Å². The van der Waals surface area contributed by atoms with Crippen LogP contribution in [0.1, 0.15) is 0 Å². The SMILES string of the molecule is O.O.O.O.O.O.[Cl-].[Cl-].[Cl-].[Cl-].[Cl-].[Ir].[Na+]. The summed E-state index contributed by atoms with van der Waals surface area (Å²) in [7, 11) is 0. The third kappa shape index (κ3) is 301. The Kier molecular flexibility index (Phi) is 11500. The van der Waals surface area contributed by atoms with Crippen molar-refractivity contribution in [1.29, 1.82) is 0 Å². The molecule has 0 aromatic heterocycles. The van der Waals surface area contributed by atoms with E-state index in [4.69, 9.17) is 0 Å². The van der Waals surface area contributed by atoms with Crippen LogP contribution in [0.3, 0.4) is 0 Å². The molecule has 0 fully saturated rings. The normalized spacial score (nSPS) is 0. The van der Waals surface area contributed by atoms with E-state index in [0.29, 0.717) is 0 Å². The topological polar surface area (TPSA) is 189 Å². The zero-order valence-electron chi connectivity index (χ0n) is 6.22. The molecule has 0 heterocycles. The van der Waals surface area contributed by atoms with Gasteiger partial charge in [-0.25, -0.2) is 0 Å². The van der Waals surface area contributed by atoms with Crippen molar-refractivity contribution >= 4 is 0 Å². The first-order valence-electron chi connectivity index (χ1n) is 0. The van der Waals surface area contributed by atoms with Crippen LogP contribution in [0, 0.1) is 0 Å². The third-order valence-electron chi connectivity index (χ3n) is 0. The van der Waals surface area contributed by atoms with Crippen LogP contribution < -0.4 is 91.6 Å². The fourth-order valence-electron chi connectivity index (χ4n) is 0. The van der Waals surface area contributed by atoms with Crippen molar-refractivity contribution in [2.45, 2.75) is 0 Å². The molecule has 0 saturated carbocycles. The molecule has 0 atom stereocenters. The molecular weight excluding hydrogens is 488 g/mol. The van der Waals surface area contributed by atoms with Crippen molar-refractivity contribution in [3.05, 3.63) is 0 Å². The average Bonchev–Trinajstić information content (AvgIpc) is 0. The molecule has 6 nitrogen and oxygen atoms in total. The second kappa shape index (κ2) is 349. The first kappa shape index (κ1) is 428. The number of hydrogen-bond donors (Lipinski definition) is 0. The summed E-state index contributed by atoms with van der Waals surface area (Å²) < 4.78 is 0. The second-order valence-corrected chi connectivity index (χ2v) is 0. The predicted molar refractivity (Wildman–Crippen MR) is 21.7 cm³/mol. The van der Waals surface area contributed by atoms with Crippen molar-refractivity contribution in [3.63, 3.8) is 0 Å². The molecule has 0 aromatic rings. The van der Waals surface area contributed by atoms with E-state index in [1.165, 1.54) is 0 Å². The Morgan fingerprint density at radius 1 is 0.308 bits per heavy atom. The van der Waals surface area contributed by atoms with E-state index in [1.54, 1.807) is 0 Å². The fraction of sp³-hybridized carbons (Fsp3) is 0. The van der Waals surface area contributed by atoms with Crippen molar-refractivity contribution < 1.29 is 145 Å². The van der Waals surface area contributed by atoms with Crippen molar-refractivity contribution in [2.24, 2.45) is 0 Å². The van der Waals surface area contributed by atoms with E-state index in [9.17, 15) is 0 Å². The van der Waals surface area contributed by atoms with Crippen LogP contribution in [0.25, 0.3) is 0 Å². The van der Waals surface area contributed by atoms with Gasteiger partial charge in [0.15, 0.2) is 0 Å². The minimum Gasteiger partial charge on any atom is -1.00 e. The molecule has 0 amide bonds. The molecule has 1 radical (unpaired) electrons. The Morgan fingerprint density at radius 2 is 0.308 bits per heavy atom. The van der Waals surface area contributed by atoms with Gasteiger partial charge in [0.1, 0.15) is 0 Å². The van der Waals surface area contributed by atoms with E-state index in [-0.39, 0.29) is 145 Å². The van der Waals surface area contributed by atoms with Crippen LogP contribution in [-0.4, -0.2) is 32.9 Å². The van der Waals surface area contributed by atoms with Gasteiger partial charge in [-0.2, -0.15) is 0 Å². The van der Waals surface area contributed by atoms with Gasteiger partial charge < -0.3 is 94.9 Å². The van der Waals surface area contributed by atoms with Crippen LogP contribution in [0.4, 0.5) is 0 Å². The van der Waals surface area contributed by atoms with Crippen molar-refractivity contribution in [1.82, 2.24) is 0 Å². The summed E-state index contributed by atoms with van der Waals surface area (Å²) in [5.41, 5.74) is 0. The quantitative estimate of drug-likeness (QED) is 0.286. The zero-order chi connectivity index (χ0) is 0. The van der Waals surface area contributed by atoms with Crippen LogP contribution in [-0.2, 0) is 20.1 Å². The maximum atomic E-state index is 0. The van der Waals surface area contributed by atoms with Gasteiger partial charge in [0, 0.05) is 20.1 Å². The Morgan fingerprint density at radius 3 is 0.308 bits per heavy atom. The molecule has 13 heteroatoms. The van der Waals surface area contributed by atoms with Crippen molar-refractivity contribution in [3.8, 4) is 0 Å². The van der Waals surface area contributed by atoms with Gasteiger partial charge in [-0.3, -0.25) is 0 Å².